The Bertz CT molecular complexity index is 1010. The summed E-state index contributed by atoms with van der Waals surface area (Å²) in [4.78, 5) is 23.9. The lowest BCUT2D eigenvalue weighted by Crippen LogP contribution is -2.33. The number of rotatable bonds is 7. The third-order valence-corrected chi connectivity index (χ3v) is 4.65. The second-order valence-electron chi connectivity index (χ2n) is 5.82. The quantitative estimate of drug-likeness (QED) is 0.535. The van der Waals surface area contributed by atoms with Gasteiger partial charge < -0.3 is 5.32 Å². The molecule has 0 aliphatic heterocycles. The van der Waals surface area contributed by atoms with Crippen LogP contribution in [0.25, 0.3) is 5.82 Å². The van der Waals surface area contributed by atoms with E-state index in [4.69, 9.17) is 0 Å². The minimum atomic E-state index is -0.242. The van der Waals surface area contributed by atoms with E-state index in [0.717, 1.165) is 11.4 Å². The molecule has 0 bridgehead atoms. The molecule has 0 aliphatic carbocycles. The van der Waals surface area contributed by atoms with Crippen LogP contribution in [0.3, 0.4) is 0 Å². The third kappa shape index (κ3) is 4.58. The van der Waals surface area contributed by atoms with Crippen molar-refractivity contribution >= 4 is 17.7 Å². The number of thioether (sulfide) groups is 1. The van der Waals surface area contributed by atoms with Gasteiger partial charge in [0, 0.05) is 25.4 Å². The van der Waals surface area contributed by atoms with Crippen molar-refractivity contribution in [2.75, 3.05) is 12.3 Å². The second-order valence-corrected chi connectivity index (χ2v) is 6.76. The van der Waals surface area contributed by atoms with E-state index >= 15 is 0 Å². The van der Waals surface area contributed by atoms with E-state index in [9.17, 15) is 9.59 Å². The van der Waals surface area contributed by atoms with Gasteiger partial charge in [0.15, 0.2) is 5.82 Å². The smallest absolute Gasteiger partial charge is 0.266 e. The van der Waals surface area contributed by atoms with Crippen LogP contribution in [0.4, 0.5) is 0 Å². The molecule has 0 aliphatic rings. The van der Waals surface area contributed by atoms with Crippen molar-refractivity contribution in [1.29, 1.82) is 0 Å². The molecule has 27 heavy (non-hydrogen) atoms. The molecule has 12 heteroatoms. The molecule has 1 amide bonds. The summed E-state index contributed by atoms with van der Waals surface area (Å²) in [6.45, 7) is 4.35. The van der Waals surface area contributed by atoms with Crippen LogP contribution in [0, 0.1) is 13.8 Å². The molecule has 0 fully saturated rings. The van der Waals surface area contributed by atoms with Crippen LogP contribution in [0.2, 0.25) is 0 Å². The zero-order chi connectivity index (χ0) is 19.4. The number of aryl methyl sites for hydroxylation is 3. The van der Waals surface area contributed by atoms with Gasteiger partial charge in [-0.25, -0.2) is 14.0 Å². The van der Waals surface area contributed by atoms with Gasteiger partial charge in [-0.15, -0.1) is 10.2 Å². The molecule has 0 spiro atoms. The van der Waals surface area contributed by atoms with Crippen LogP contribution in [0.1, 0.15) is 11.4 Å². The maximum Gasteiger partial charge on any atom is 0.266 e. The summed E-state index contributed by atoms with van der Waals surface area (Å²) in [6, 6.07) is 5.00. The Morgan fingerprint density at radius 2 is 2.07 bits per heavy atom. The number of amides is 1. The van der Waals surface area contributed by atoms with E-state index in [1.165, 1.54) is 27.2 Å². The SMILES string of the molecule is Cc1cc(C)n(-c2ccc(=O)n(CCNC(=O)CSc3nnnn3C)n2)n1. The van der Waals surface area contributed by atoms with Crippen molar-refractivity contribution in [1.82, 2.24) is 45.1 Å². The summed E-state index contributed by atoms with van der Waals surface area (Å²) < 4.78 is 4.48. The Labute approximate surface area is 158 Å². The number of hydrogen-bond acceptors (Lipinski definition) is 8. The summed E-state index contributed by atoms with van der Waals surface area (Å²) >= 11 is 1.23. The highest BCUT2D eigenvalue weighted by molar-refractivity contribution is 7.99. The molecule has 3 aromatic heterocycles. The largest absolute Gasteiger partial charge is 0.354 e. The highest BCUT2D eigenvalue weighted by Gasteiger charge is 2.09. The fourth-order valence-corrected chi connectivity index (χ4v) is 3.08. The summed E-state index contributed by atoms with van der Waals surface area (Å²) in [5.41, 5.74) is 1.55. The lowest BCUT2D eigenvalue weighted by atomic mass is 10.4. The second kappa shape index (κ2) is 8.12. The summed E-state index contributed by atoms with van der Waals surface area (Å²) in [5, 5.41) is 23.0. The molecule has 3 aromatic rings. The summed E-state index contributed by atoms with van der Waals surface area (Å²) in [7, 11) is 1.70. The zero-order valence-corrected chi connectivity index (χ0v) is 16.0. The first-order valence-corrected chi connectivity index (χ1v) is 9.16. The molecule has 0 saturated carbocycles. The molecule has 0 atom stereocenters. The average molecular weight is 389 g/mol. The van der Waals surface area contributed by atoms with Gasteiger partial charge in [-0.05, 0) is 36.4 Å². The standard InChI is InChI=1S/C15H19N9O2S/c1-10-8-11(2)24(18-10)12-4-5-14(26)23(19-12)7-6-16-13(25)9-27-15-17-20-21-22(15)3/h4-5,8H,6-7,9H2,1-3H3,(H,16,25). The fourth-order valence-electron chi connectivity index (χ4n) is 2.40. The normalized spacial score (nSPS) is 10.9. The number of tetrazole rings is 1. The average Bonchev–Trinajstić information content (AvgIpc) is 3.19. The van der Waals surface area contributed by atoms with Crippen LogP contribution in [0.15, 0.2) is 28.2 Å². The van der Waals surface area contributed by atoms with Gasteiger partial charge in [0.05, 0.1) is 18.0 Å². The van der Waals surface area contributed by atoms with E-state index in [0.29, 0.717) is 11.0 Å². The van der Waals surface area contributed by atoms with Crippen molar-refractivity contribution in [3.63, 3.8) is 0 Å². The predicted octanol–water partition coefficient (Wildman–Crippen LogP) is -0.522. The number of hydrogen-bond donors (Lipinski definition) is 1. The molecular formula is C15H19N9O2S. The molecule has 0 aromatic carbocycles. The molecular weight excluding hydrogens is 370 g/mol. The highest BCUT2D eigenvalue weighted by atomic mass is 32.2. The van der Waals surface area contributed by atoms with E-state index in [-0.39, 0.29) is 30.3 Å². The Morgan fingerprint density at radius 1 is 1.26 bits per heavy atom. The van der Waals surface area contributed by atoms with Gasteiger partial charge >= 0.3 is 0 Å². The van der Waals surface area contributed by atoms with E-state index in [1.54, 1.807) is 17.8 Å². The first kappa shape index (κ1) is 18.8. The lowest BCUT2D eigenvalue weighted by molar-refractivity contribution is -0.118. The Balaban J connectivity index is 1.57. The Kier molecular flexibility index (Phi) is 5.64. The number of carbonyl (C=O) groups excluding carboxylic acids is 1. The van der Waals surface area contributed by atoms with E-state index < -0.39 is 0 Å². The molecule has 0 unspecified atom stereocenters. The van der Waals surface area contributed by atoms with Crippen molar-refractivity contribution < 1.29 is 4.79 Å². The molecule has 0 radical (unpaired) electrons. The first-order valence-electron chi connectivity index (χ1n) is 8.17. The van der Waals surface area contributed by atoms with Gasteiger partial charge in [-0.1, -0.05) is 11.8 Å². The van der Waals surface area contributed by atoms with Crippen LogP contribution < -0.4 is 10.9 Å². The monoisotopic (exact) mass is 389 g/mol. The van der Waals surface area contributed by atoms with Crippen LogP contribution in [-0.4, -0.2) is 58.0 Å². The van der Waals surface area contributed by atoms with Crippen molar-refractivity contribution in [2.24, 2.45) is 7.05 Å². The minimum absolute atomic E-state index is 0.175. The van der Waals surface area contributed by atoms with Gasteiger partial charge in [-0.3, -0.25) is 9.59 Å². The Morgan fingerprint density at radius 3 is 2.74 bits per heavy atom. The maximum atomic E-state index is 12.0. The van der Waals surface area contributed by atoms with Gasteiger partial charge in [-0.2, -0.15) is 5.10 Å². The minimum Gasteiger partial charge on any atom is -0.354 e. The van der Waals surface area contributed by atoms with E-state index in [2.05, 4.69) is 31.0 Å². The third-order valence-electron chi connectivity index (χ3n) is 3.64. The van der Waals surface area contributed by atoms with E-state index in [1.807, 2.05) is 19.9 Å². The van der Waals surface area contributed by atoms with Crippen LogP contribution >= 0.6 is 11.8 Å². The maximum absolute atomic E-state index is 12.0. The van der Waals surface area contributed by atoms with Gasteiger partial charge in [0.1, 0.15) is 0 Å². The molecule has 142 valence electrons. The van der Waals surface area contributed by atoms with Crippen molar-refractivity contribution in [2.45, 2.75) is 25.5 Å². The molecule has 1 N–H and O–H groups in total. The highest BCUT2D eigenvalue weighted by Crippen LogP contribution is 2.11. The number of nitrogens with one attached hydrogen (secondary N) is 1. The van der Waals surface area contributed by atoms with Crippen molar-refractivity contribution in [3.05, 3.63) is 39.9 Å². The number of carbonyl (C=O) groups is 1. The lowest BCUT2D eigenvalue weighted by Gasteiger charge is -2.09. The topological polar surface area (TPSA) is 125 Å². The molecule has 0 saturated heterocycles. The number of aromatic nitrogens is 8. The molecule has 3 rings (SSSR count). The van der Waals surface area contributed by atoms with Crippen molar-refractivity contribution in [3.8, 4) is 5.82 Å². The van der Waals surface area contributed by atoms with Crippen LogP contribution in [-0.2, 0) is 18.4 Å². The predicted molar refractivity (Wildman–Crippen MR) is 97.6 cm³/mol. The summed E-state index contributed by atoms with van der Waals surface area (Å²) in [6.07, 6.45) is 0. The number of nitrogens with zero attached hydrogens (tertiary/aromatic N) is 8. The molecule has 11 nitrogen and oxygen atoms in total. The van der Waals surface area contributed by atoms with Crippen LogP contribution in [0.5, 0.6) is 0 Å². The van der Waals surface area contributed by atoms with Gasteiger partial charge in [0.2, 0.25) is 11.1 Å². The van der Waals surface area contributed by atoms with Gasteiger partial charge in [0.25, 0.3) is 5.56 Å². The fraction of sp³-hybridized carbons (Fsp3) is 0.400. The Hall–Kier alpha value is -3.02. The summed E-state index contributed by atoms with van der Waals surface area (Å²) in [5.74, 6) is 0.560. The molecule has 3 heterocycles. The first-order chi connectivity index (χ1) is 12.9. The zero-order valence-electron chi connectivity index (χ0n) is 15.2.